The van der Waals surface area contributed by atoms with E-state index in [0.29, 0.717) is 6.29 Å². The standard InChI is InChI=1S/C7H3Cl2NO3/c8-5-3(7(12)13)1-10-6(9)4(5)2-11/h1-2H,(H,12,13). The number of pyridine rings is 1. The quantitative estimate of drug-likeness (QED) is 0.610. The van der Waals surface area contributed by atoms with Crippen LogP contribution in [0.4, 0.5) is 0 Å². The van der Waals surface area contributed by atoms with Gasteiger partial charge < -0.3 is 5.11 Å². The molecule has 0 aliphatic heterocycles. The van der Waals surface area contributed by atoms with Crippen LogP contribution < -0.4 is 0 Å². The maximum atomic E-state index is 10.5. The minimum absolute atomic E-state index is 0.106. The van der Waals surface area contributed by atoms with Crippen molar-refractivity contribution in [2.45, 2.75) is 0 Å². The fourth-order valence-electron chi connectivity index (χ4n) is 0.733. The first-order valence-corrected chi connectivity index (χ1v) is 3.86. The van der Waals surface area contributed by atoms with Crippen LogP contribution in [0, 0.1) is 0 Å². The molecule has 1 N–H and O–H groups in total. The molecule has 0 fully saturated rings. The number of halogens is 2. The zero-order valence-electron chi connectivity index (χ0n) is 6.12. The van der Waals surface area contributed by atoms with Crippen LogP contribution in [0.25, 0.3) is 0 Å². The van der Waals surface area contributed by atoms with Crippen LogP contribution in [0.1, 0.15) is 20.7 Å². The number of aromatic carboxylic acids is 1. The Morgan fingerprint density at radius 1 is 1.54 bits per heavy atom. The van der Waals surface area contributed by atoms with Crippen molar-refractivity contribution < 1.29 is 14.7 Å². The van der Waals surface area contributed by atoms with Crippen molar-refractivity contribution in [1.29, 1.82) is 0 Å². The van der Waals surface area contributed by atoms with Gasteiger partial charge in [0.15, 0.2) is 6.29 Å². The van der Waals surface area contributed by atoms with Crippen LogP contribution in [-0.2, 0) is 0 Å². The van der Waals surface area contributed by atoms with Crippen molar-refractivity contribution >= 4 is 35.5 Å². The second-order valence-electron chi connectivity index (χ2n) is 2.11. The van der Waals surface area contributed by atoms with E-state index < -0.39 is 5.97 Å². The average Bonchev–Trinajstić information content (AvgIpc) is 2.04. The maximum Gasteiger partial charge on any atom is 0.338 e. The number of hydrogen-bond acceptors (Lipinski definition) is 3. The largest absolute Gasteiger partial charge is 0.478 e. The molecule has 1 aromatic rings. The average molecular weight is 220 g/mol. The van der Waals surface area contributed by atoms with Gasteiger partial charge >= 0.3 is 5.97 Å². The van der Waals surface area contributed by atoms with Crippen LogP contribution in [-0.4, -0.2) is 22.3 Å². The summed E-state index contributed by atoms with van der Waals surface area (Å²) in [4.78, 5) is 24.4. The highest BCUT2D eigenvalue weighted by atomic mass is 35.5. The third kappa shape index (κ3) is 1.79. The summed E-state index contributed by atoms with van der Waals surface area (Å²) in [6.07, 6.45) is 1.37. The number of aromatic nitrogens is 1. The number of carbonyl (C=O) groups is 2. The number of carboxylic acid groups (broad SMARTS) is 1. The molecule has 0 bridgehead atoms. The molecule has 6 heteroatoms. The Morgan fingerprint density at radius 2 is 2.15 bits per heavy atom. The molecule has 1 aromatic heterocycles. The van der Waals surface area contributed by atoms with E-state index >= 15 is 0 Å². The maximum absolute atomic E-state index is 10.5. The summed E-state index contributed by atoms with van der Waals surface area (Å²) in [7, 11) is 0. The molecule has 1 heterocycles. The van der Waals surface area contributed by atoms with E-state index in [-0.39, 0.29) is 21.3 Å². The van der Waals surface area contributed by atoms with Gasteiger partial charge in [0.1, 0.15) is 5.15 Å². The van der Waals surface area contributed by atoms with Crippen LogP contribution in [0.5, 0.6) is 0 Å². The molecule has 0 saturated carbocycles. The molecule has 4 nitrogen and oxygen atoms in total. The van der Waals surface area contributed by atoms with Crippen LogP contribution >= 0.6 is 23.2 Å². The molecule has 68 valence electrons. The number of carboxylic acids is 1. The summed E-state index contributed by atoms with van der Waals surface area (Å²) in [5, 5.41) is 8.29. The number of aldehydes is 1. The third-order valence-electron chi connectivity index (χ3n) is 1.35. The molecule has 0 amide bonds. The van der Waals surface area contributed by atoms with Gasteiger partial charge in [-0.15, -0.1) is 0 Å². The van der Waals surface area contributed by atoms with E-state index in [4.69, 9.17) is 28.3 Å². The Morgan fingerprint density at radius 3 is 2.62 bits per heavy atom. The zero-order valence-corrected chi connectivity index (χ0v) is 7.63. The first kappa shape index (κ1) is 9.95. The molecule has 0 radical (unpaired) electrons. The first-order chi connectivity index (χ1) is 6.07. The number of carbonyl (C=O) groups excluding carboxylic acids is 1. The van der Waals surface area contributed by atoms with E-state index in [0.717, 1.165) is 6.20 Å². The Balaban J connectivity index is 3.44. The van der Waals surface area contributed by atoms with Gasteiger partial charge in [-0.05, 0) is 0 Å². The van der Waals surface area contributed by atoms with Crippen molar-refractivity contribution in [3.63, 3.8) is 0 Å². The van der Waals surface area contributed by atoms with Gasteiger partial charge in [0.05, 0.1) is 16.1 Å². The van der Waals surface area contributed by atoms with Gasteiger partial charge in [0.2, 0.25) is 0 Å². The normalized spacial score (nSPS) is 9.69. The van der Waals surface area contributed by atoms with Crippen LogP contribution in [0.2, 0.25) is 10.2 Å². The Labute approximate surface area is 83.1 Å². The van der Waals surface area contributed by atoms with E-state index in [1.54, 1.807) is 0 Å². The molecule has 0 atom stereocenters. The van der Waals surface area contributed by atoms with Crippen molar-refractivity contribution in [1.82, 2.24) is 4.98 Å². The summed E-state index contributed by atoms with van der Waals surface area (Å²) in [5.41, 5.74) is -0.351. The summed E-state index contributed by atoms with van der Waals surface area (Å²) in [6, 6.07) is 0. The van der Waals surface area contributed by atoms with Gasteiger partial charge in [-0.2, -0.15) is 0 Å². The predicted molar refractivity (Wildman–Crippen MR) is 46.6 cm³/mol. The van der Waals surface area contributed by atoms with E-state index in [2.05, 4.69) is 4.98 Å². The molecule has 0 aliphatic carbocycles. The number of hydrogen-bond donors (Lipinski definition) is 1. The fourth-order valence-corrected chi connectivity index (χ4v) is 1.23. The lowest BCUT2D eigenvalue weighted by atomic mass is 10.2. The molecule has 0 unspecified atom stereocenters. The molecule has 0 saturated heterocycles. The highest BCUT2D eigenvalue weighted by Crippen LogP contribution is 2.24. The Kier molecular flexibility index (Phi) is 2.85. The predicted octanol–water partition coefficient (Wildman–Crippen LogP) is 1.90. The van der Waals surface area contributed by atoms with E-state index in [1.165, 1.54) is 0 Å². The highest BCUT2D eigenvalue weighted by molar-refractivity contribution is 6.39. The molecule has 0 spiro atoms. The fraction of sp³-hybridized carbons (Fsp3) is 0. The lowest BCUT2D eigenvalue weighted by Gasteiger charge is -2.01. The van der Waals surface area contributed by atoms with Crippen LogP contribution in [0.3, 0.4) is 0 Å². The molecule has 1 rings (SSSR count). The van der Waals surface area contributed by atoms with E-state index in [1.807, 2.05) is 0 Å². The molecule has 0 aromatic carbocycles. The SMILES string of the molecule is O=Cc1c(Cl)ncc(C(=O)O)c1Cl. The van der Waals surface area contributed by atoms with Crippen molar-refractivity contribution in [2.24, 2.45) is 0 Å². The molecular weight excluding hydrogens is 217 g/mol. The Hall–Kier alpha value is -1.13. The third-order valence-corrected chi connectivity index (χ3v) is 2.06. The lowest BCUT2D eigenvalue weighted by Crippen LogP contribution is -2.01. The van der Waals surface area contributed by atoms with Gasteiger partial charge in [0.25, 0.3) is 0 Å². The summed E-state index contributed by atoms with van der Waals surface area (Å²) in [5.74, 6) is -1.25. The second-order valence-corrected chi connectivity index (χ2v) is 2.85. The smallest absolute Gasteiger partial charge is 0.338 e. The summed E-state index contributed by atoms with van der Waals surface area (Å²) < 4.78 is 0. The lowest BCUT2D eigenvalue weighted by molar-refractivity contribution is 0.0696. The van der Waals surface area contributed by atoms with Crippen molar-refractivity contribution in [2.75, 3.05) is 0 Å². The molecule has 0 aliphatic rings. The molecular formula is C7H3Cl2NO3. The van der Waals surface area contributed by atoms with Crippen molar-refractivity contribution in [3.8, 4) is 0 Å². The van der Waals surface area contributed by atoms with Crippen LogP contribution in [0.15, 0.2) is 6.20 Å². The zero-order chi connectivity index (χ0) is 10.0. The first-order valence-electron chi connectivity index (χ1n) is 3.10. The van der Waals surface area contributed by atoms with E-state index in [9.17, 15) is 9.59 Å². The van der Waals surface area contributed by atoms with Crippen molar-refractivity contribution in [3.05, 3.63) is 27.5 Å². The Bertz CT molecular complexity index is 378. The van der Waals surface area contributed by atoms with Gasteiger partial charge in [-0.25, -0.2) is 9.78 Å². The monoisotopic (exact) mass is 219 g/mol. The number of nitrogens with zero attached hydrogens (tertiary/aromatic N) is 1. The minimum atomic E-state index is -1.25. The minimum Gasteiger partial charge on any atom is -0.478 e. The number of rotatable bonds is 2. The topological polar surface area (TPSA) is 67.3 Å². The second kappa shape index (κ2) is 3.72. The van der Waals surface area contributed by atoms with Gasteiger partial charge in [0, 0.05) is 6.20 Å². The highest BCUT2D eigenvalue weighted by Gasteiger charge is 2.15. The summed E-state index contributed by atoms with van der Waals surface area (Å²) in [6.45, 7) is 0. The van der Waals surface area contributed by atoms with Gasteiger partial charge in [-0.3, -0.25) is 4.79 Å². The van der Waals surface area contributed by atoms with Gasteiger partial charge in [-0.1, -0.05) is 23.2 Å². The summed E-state index contributed by atoms with van der Waals surface area (Å²) >= 11 is 11.1. The molecule has 13 heavy (non-hydrogen) atoms.